The summed E-state index contributed by atoms with van der Waals surface area (Å²) in [4.78, 5) is 27.9. The fourth-order valence-corrected chi connectivity index (χ4v) is 2.67. The first-order valence-electron chi connectivity index (χ1n) is 8.09. The molecule has 2 heterocycles. The second-order valence-corrected chi connectivity index (χ2v) is 5.84. The van der Waals surface area contributed by atoms with Crippen molar-refractivity contribution in [3.8, 4) is 0 Å². The van der Waals surface area contributed by atoms with E-state index in [1.807, 2.05) is 12.1 Å². The number of halogens is 1. The van der Waals surface area contributed by atoms with Crippen LogP contribution in [-0.4, -0.2) is 27.0 Å². The minimum Gasteiger partial charge on any atom is -0.361 e. The number of amides is 2. The molecule has 2 amide bonds. The zero-order valence-electron chi connectivity index (χ0n) is 13.9. The highest BCUT2D eigenvalue weighted by Crippen LogP contribution is 2.18. The van der Waals surface area contributed by atoms with Gasteiger partial charge in [-0.05, 0) is 47.9 Å². The van der Waals surface area contributed by atoms with Crippen molar-refractivity contribution in [3.05, 3.63) is 78.0 Å². The highest BCUT2D eigenvalue weighted by Gasteiger charge is 2.18. The number of benzene rings is 2. The largest absolute Gasteiger partial charge is 0.361 e. The standard InChI is InChI=1S/C19H14FN5O2/c20-13-3-5-14(6-4-13)23-19(27)17-16(10-22-25-17)24-18(26)12-2-1-11-7-8-21-15(11)9-12/h1-10,21H,(H,22,25)(H,23,27)(H,24,26). The maximum Gasteiger partial charge on any atom is 0.278 e. The molecule has 0 saturated carbocycles. The first-order valence-corrected chi connectivity index (χ1v) is 8.09. The Hall–Kier alpha value is -3.94. The monoisotopic (exact) mass is 363 g/mol. The van der Waals surface area contributed by atoms with Gasteiger partial charge in [0.05, 0.1) is 5.69 Å². The van der Waals surface area contributed by atoms with Gasteiger partial charge in [-0.1, -0.05) is 6.07 Å². The quantitative estimate of drug-likeness (QED) is 0.446. The van der Waals surface area contributed by atoms with Gasteiger partial charge in [0.2, 0.25) is 0 Å². The lowest BCUT2D eigenvalue weighted by Gasteiger charge is -2.07. The summed E-state index contributed by atoms with van der Waals surface area (Å²) in [5, 5.41) is 12.7. The maximum absolute atomic E-state index is 13.0. The summed E-state index contributed by atoms with van der Waals surface area (Å²) < 4.78 is 13.0. The van der Waals surface area contributed by atoms with Crippen molar-refractivity contribution in [3.63, 3.8) is 0 Å². The minimum atomic E-state index is -0.530. The van der Waals surface area contributed by atoms with Gasteiger partial charge in [0, 0.05) is 29.2 Å². The van der Waals surface area contributed by atoms with E-state index in [1.165, 1.54) is 30.5 Å². The van der Waals surface area contributed by atoms with Crippen LogP contribution in [0.1, 0.15) is 20.8 Å². The van der Waals surface area contributed by atoms with Crippen LogP contribution in [0.5, 0.6) is 0 Å². The van der Waals surface area contributed by atoms with Gasteiger partial charge in [0.15, 0.2) is 5.69 Å². The zero-order valence-corrected chi connectivity index (χ0v) is 13.9. The number of nitrogens with one attached hydrogen (secondary N) is 4. The Bertz CT molecular complexity index is 1130. The lowest BCUT2D eigenvalue weighted by atomic mass is 10.1. The average Bonchev–Trinajstić information content (AvgIpc) is 3.32. The van der Waals surface area contributed by atoms with Gasteiger partial charge in [-0.15, -0.1) is 0 Å². The molecule has 0 fully saturated rings. The van der Waals surface area contributed by atoms with Crippen LogP contribution in [0.2, 0.25) is 0 Å². The van der Waals surface area contributed by atoms with Crippen LogP contribution in [0.25, 0.3) is 10.9 Å². The molecule has 0 aliphatic rings. The summed E-state index contributed by atoms with van der Waals surface area (Å²) >= 11 is 0. The van der Waals surface area contributed by atoms with E-state index in [1.54, 1.807) is 18.3 Å². The number of fused-ring (bicyclic) bond motifs is 1. The first kappa shape index (κ1) is 16.5. The molecule has 134 valence electrons. The zero-order chi connectivity index (χ0) is 18.8. The van der Waals surface area contributed by atoms with E-state index in [0.29, 0.717) is 11.3 Å². The second-order valence-electron chi connectivity index (χ2n) is 5.84. The Morgan fingerprint density at radius 1 is 0.963 bits per heavy atom. The third kappa shape index (κ3) is 3.40. The Kier molecular flexibility index (Phi) is 4.13. The van der Waals surface area contributed by atoms with Gasteiger partial charge in [0.25, 0.3) is 11.8 Å². The lowest BCUT2D eigenvalue weighted by molar-refractivity contribution is 0.102. The summed E-state index contributed by atoms with van der Waals surface area (Å²) in [5.74, 6) is -1.30. The van der Waals surface area contributed by atoms with Gasteiger partial charge in [0.1, 0.15) is 5.82 Å². The van der Waals surface area contributed by atoms with Crippen LogP contribution in [0.3, 0.4) is 0 Å². The molecule has 0 bridgehead atoms. The number of rotatable bonds is 4. The molecule has 0 aliphatic carbocycles. The van der Waals surface area contributed by atoms with Crippen LogP contribution < -0.4 is 10.6 Å². The molecule has 4 aromatic rings. The van der Waals surface area contributed by atoms with E-state index < -0.39 is 11.7 Å². The molecule has 0 spiro atoms. The molecule has 0 saturated heterocycles. The van der Waals surface area contributed by atoms with Crippen molar-refractivity contribution in [2.24, 2.45) is 0 Å². The van der Waals surface area contributed by atoms with Gasteiger partial charge in [-0.25, -0.2) is 4.39 Å². The van der Waals surface area contributed by atoms with Crippen molar-refractivity contribution in [2.75, 3.05) is 10.6 Å². The van der Waals surface area contributed by atoms with E-state index >= 15 is 0 Å². The number of aromatic amines is 2. The predicted molar refractivity (Wildman–Crippen MR) is 99.2 cm³/mol. The fourth-order valence-electron chi connectivity index (χ4n) is 2.67. The number of aromatic nitrogens is 3. The summed E-state index contributed by atoms with van der Waals surface area (Å²) in [6.07, 6.45) is 3.21. The van der Waals surface area contributed by atoms with E-state index in [-0.39, 0.29) is 17.3 Å². The van der Waals surface area contributed by atoms with E-state index in [4.69, 9.17) is 0 Å². The molecule has 0 radical (unpaired) electrons. The summed E-state index contributed by atoms with van der Waals surface area (Å²) in [7, 11) is 0. The molecule has 4 N–H and O–H groups in total. The average molecular weight is 363 g/mol. The molecule has 7 nitrogen and oxygen atoms in total. The third-order valence-electron chi connectivity index (χ3n) is 4.02. The molecule has 27 heavy (non-hydrogen) atoms. The van der Waals surface area contributed by atoms with Gasteiger partial charge >= 0.3 is 0 Å². The highest BCUT2D eigenvalue weighted by molar-refractivity contribution is 6.12. The van der Waals surface area contributed by atoms with Gasteiger partial charge in [-0.3, -0.25) is 14.7 Å². The number of H-pyrrole nitrogens is 2. The smallest absolute Gasteiger partial charge is 0.278 e. The molecular formula is C19H14FN5O2. The molecule has 0 aliphatic heterocycles. The van der Waals surface area contributed by atoms with Crippen LogP contribution in [0.15, 0.2) is 60.9 Å². The topological polar surface area (TPSA) is 103 Å². The second kappa shape index (κ2) is 6.75. The third-order valence-corrected chi connectivity index (χ3v) is 4.02. The molecule has 0 unspecified atom stereocenters. The molecule has 0 atom stereocenters. The Morgan fingerprint density at radius 3 is 2.59 bits per heavy atom. The summed E-state index contributed by atoms with van der Waals surface area (Å²) in [5.41, 5.74) is 1.96. The normalized spacial score (nSPS) is 10.7. The highest BCUT2D eigenvalue weighted by atomic mass is 19.1. The molecule has 2 aromatic heterocycles. The van der Waals surface area contributed by atoms with Crippen molar-refractivity contribution in [1.29, 1.82) is 0 Å². The number of anilines is 2. The van der Waals surface area contributed by atoms with Crippen molar-refractivity contribution in [2.45, 2.75) is 0 Å². The maximum atomic E-state index is 13.0. The van der Waals surface area contributed by atoms with Gasteiger partial charge in [-0.2, -0.15) is 5.10 Å². The van der Waals surface area contributed by atoms with Crippen molar-refractivity contribution >= 4 is 34.1 Å². The van der Waals surface area contributed by atoms with Crippen molar-refractivity contribution in [1.82, 2.24) is 15.2 Å². The SMILES string of the molecule is O=C(Nc1c[nH]nc1C(=O)Nc1ccc(F)cc1)c1ccc2cc[nH]c2c1. The summed E-state index contributed by atoms with van der Waals surface area (Å²) in [6.45, 7) is 0. The number of nitrogens with zero attached hydrogens (tertiary/aromatic N) is 1. The molecular weight excluding hydrogens is 349 g/mol. The molecule has 4 rings (SSSR count). The van der Waals surface area contributed by atoms with Crippen molar-refractivity contribution < 1.29 is 14.0 Å². The van der Waals surface area contributed by atoms with Crippen LogP contribution in [0.4, 0.5) is 15.8 Å². The van der Waals surface area contributed by atoms with Crippen LogP contribution in [-0.2, 0) is 0 Å². The Morgan fingerprint density at radius 2 is 1.78 bits per heavy atom. The molecule has 8 heteroatoms. The van der Waals surface area contributed by atoms with E-state index in [2.05, 4.69) is 25.8 Å². The number of carbonyl (C=O) groups is 2. The summed E-state index contributed by atoms with van der Waals surface area (Å²) in [6, 6.07) is 12.5. The Balaban J connectivity index is 1.51. The molecule has 2 aromatic carbocycles. The van der Waals surface area contributed by atoms with Crippen LogP contribution in [0, 0.1) is 5.82 Å². The van der Waals surface area contributed by atoms with Crippen LogP contribution >= 0.6 is 0 Å². The Labute approximate surface area is 152 Å². The van der Waals surface area contributed by atoms with E-state index in [9.17, 15) is 14.0 Å². The number of hydrogen-bond acceptors (Lipinski definition) is 3. The van der Waals surface area contributed by atoms with Gasteiger partial charge < -0.3 is 15.6 Å². The number of hydrogen-bond donors (Lipinski definition) is 4. The lowest BCUT2D eigenvalue weighted by Crippen LogP contribution is -2.18. The predicted octanol–water partition coefficient (Wildman–Crippen LogP) is 3.53. The fraction of sp³-hybridized carbons (Fsp3) is 0. The first-order chi connectivity index (χ1) is 13.1. The minimum absolute atomic E-state index is 0.0219. The van der Waals surface area contributed by atoms with E-state index in [0.717, 1.165) is 10.9 Å². The number of carbonyl (C=O) groups excluding carboxylic acids is 2.